The van der Waals surface area contributed by atoms with Gasteiger partial charge in [-0.15, -0.1) is 0 Å². The van der Waals surface area contributed by atoms with E-state index in [9.17, 15) is 9.59 Å². The highest BCUT2D eigenvalue weighted by molar-refractivity contribution is 5.97. The number of aryl methyl sites for hydroxylation is 1. The average Bonchev–Trinajstić information content (AvgIpc) is 2.67. The first-order chi connectivity index (χ1) is 12.8. The standard InChI is InChI=1S/C23H30N2O2/c1-6-25(7-2)22(27)19-14-12-18(13-15-19)21(26)24-16-23(4,5)20-11-9-8-10-17(20)3/h8-15H,6-7,16H2,1-5H3,(H,24,26). The third kappa shape index (κ3) is 4.97. The predicted octanol–water partition coefficient (Wildman–Crippen LogP) is 4.18. The van der Waals surface area contributed by atoms with Crippen LogP contribution in [-0.2, 0) is 5.41 Å². The fraction of sp³-hybridized carbons (Fsp3) is 0.391. The van der Waals surface area contributed by atoms with E-state index in [2.05, 4.69) is 38.2 Å². The Kier molecular flexibility index (Phi) is 6.78. The molecule has 0 saturated heterocycles. The van der Waals surface area contributed by atoms with Crippen LogP contribution in [0, 0.1) is 6.92 Å². The highest BCUT2D eigenvalue weighted by atomic mass is 16.2. The molecule has 1 N–H and O–H groups in total. The maximum Gasteiger partial charge on any atom is 0.253 e. The minimum Gasteiger partial charge on any atom is -0.351 e. The molecule has 0 heterocycles. The Morgan fingerprint density at radius 3 is 2.04 bits per heavy atom. The van der Waals surface area contributed by atoms with E-state index >= 15 is 0 Å². The van der Waals surface area contributed by atoms with Gasteiger partial charge in [-0.2, -0.15) is 0 Å². The normalized spacial score (nSPS) is 11.1. The van der Waals surface area contributed by atoms with E-state index < -0.39 is 0 Å². The van der Waals surface area contributed by atoms with Gasteiger partial charge in [-0.05, 0) is 56.2 Å². The zero-order valence-electron chi connectivity index (χ0n) is 17.0. The number of amides is 2. The molecule has 2 aromatic rings. The van der Waals surface area contributed by atoms with Gasteiger partial charge in [-0.1, -0.05) is 38.1 Å². The van der Waals surface area contributed by atoms with E-state index in [1.54, 1.807) is 29.2 Å². The Hall–Kier alpha value is -2.62. The lowest BCUT2D eigenvalue weighted by atomic mass is 9.82. The second kappa shape index (κ2) is 8.85. The summed E-state index contributed by atoms with van der Waals surface area (Å²) >= 11 is 0. The molecule has 2 rings (SSSR count). The van der Waals surface area contributed by atoms with E-state index in [0.717, 1.165) is 0 Å². The summed E-state index contributed by atoms with van der Waals surface area (Å²) in [5.74, 6) is -0.133. The van der Waals surface area contributed by atoms with Gasteiger partial charge >= 0.3 is 0 Å². The molecule has 27 heavy (non-hydrogen) atoms. The summed E-state index contributed by atoms with van der Waals surface area (Å²) in [5, 5.41) is 3.02. The SMILES string of the molecule is CCN(CC)C(=O)c1ccc(C(=O)NCC(C)(C)c2ccccc2C)cc1. The van der Waals surface area contributed by atoms with E-state index in [1.807, 2.05) is 26.0 Å². The smallest absolute Gasteiger partial charge is 0.253 e. The second-order valence-electron chi connectivity index (χ2n) is 7.44. The summed E-state index contributed by atoms with van der Waals surface area (Å²) in [5.41, 5.74) is 3.45. The third-order valence-corrected chi connectivity index (χ3v) is 5.01. The molecule has 0 aliphatic carbocycles. The molecule has 4 nitrogen and oxygen atoms in total. The molecule has 0 saturated carbocycles. The summed E-state index contributed by atoms with van der Waals surface area (Å²) in [6, 6.07) is 15.1. The highest BCUT2D eigenvalue weighted by Crippen LogP contribution is 2.25. The molecule has 0 spiro atoms. The van der Waals surface area contributed by atoms with Crippen molar-refractivity contribution in [1.29, 1.82) is 0 Å². The van der Waals surface area contributed by atoms with Crippen molar-refractivity contribution in [2.75, 3.05) is 19.6 Å². The minimum atomic E-state index is -0.167. The molecule has 0 bridgehead atoms. The summed E-state index contributed by atoms with van der Waals surface area (Å²) in [7, 11) is 0. The number of hydrogen-bond acceptors (Lipinski definition) is 2. The number of carbonyl (C=O) groups is 2. The molecule has 0 fully saturated rings. The molecule has 2 aromatic carbocycles. The quantitative estimate of drug-likeness (QED) is 0.799. The molecular formula is C23H30N2O2. The molecule has 0 aliphatic heterocycles. The van der Waals surface area contributed by atoms with Crippen LogP contribution in [0.3, 0.4) is 0 Å². The van der Waals surface area contributed by atoms with Crippen LogP contribution in [0.2, 0.25) is 0 Å². The van der Waals surface area contributed by atoms with Crippen LogP contribution in [0.5, 0.6) is 0 Å². The molecule has 0 radical (unpaired) electrons. The first-order valence-electron chi connectivity index (χ1n) is 9.53. The lowest BCUT2D eigenvalue weighted by molar-refractivity contribution is 0.0772. The predicted molar refractivity (Wildman–Crippen MR) is 110 cm³/mol. The average molecular weight is 367 g/mol. The Morgan fingerprint density at radius 1 is 0.926 bits per heavy atom. The second-order valence-corrected chi connectivity index (χ2v) is 7.44. The van der Waals surface area contributed by atoms with Crippen molar-refractivity contribution in [2.45, 2.75) is 40.0 Å². The van der Waals surface area contributed by atoms with Crippen LogP contribution >= 0.6 is 0 Å². The first-order valence-corrected chi connectivity index (χ1v) is 9.53. The van der Waals surface area contributed by atoms with Crippen LogP contribution in [0.4, 0.5) is 0 Å². The fourth-order valence-electron chi connectivity index (χ4n) is 3.29. The van der Waals surface area contributed by atoms with Crippen molar-refractivity contribution >= 4 is 11.8 Å². The van der Waals surface area contributed by atoms with Crippen molar-refractivity contribution in [2.24, 2.45) is 0 Å². The Balaban J connectivity index is 2.04. The summed E-state index contributed by atoms with van der Waals surface area (Å²) in [4.78, 5) is 26.7. The van der Waals surface area contributed by atoms with Crippen LogP contribution in [0.1, 0.15) is 59.5 Å². The Bertz CT molecular complexity index is 790. The Labute approximate surface area is 162 Å². The van der Waals surface area contributed by atoms with E-state index in [0.29, 0.717) is 30.8 Å². The van der Waals surface area contributed by atoms with Gasteiger partial charge in [-0.3, -0.25) is 9.59 Å². The number of nitrogens with zero attached hydrogens (tertiary/aromatic N) is 1. The number of rotatable bonds is 7. The molecule has 0 aromatic heterocycles. The zero-order chi connectivity index (χ0) is 20.0. The first kappa shape index (κ1) is 20.7. The summed E-state index contributed by atoms with van der Waals surface area (Å²) < 4.78 is 0. The number of benzene rings is 2. The van der Waals surface area contributed by atoms with Gasteiger partial charge in [0, 0.05) is 36.2 Å². The third-order valence-electron chi connectivity index (χ3n) is 5.01. The molecule has 2 amide bonds. The van der Waals surface area contributed by atoms with Crippen molar-refractivity contribution in [3.8, 4) is 0 Å². The monoisotopic (exact) mass is 366 g/mol. The van der Waals surface area contributed by atoms with E-state index in [-0.39, 0.29) is 17.2 Å². The van der Waals surface area contributed by atoms with Crippen molar-refractivity contribution in [1.82, 2.24) is 10.2 Å². The largest absolute Gasteiger partial charge is 0.351 e. The van der Waals surface area contributed by atoms with E-state index in [4.69, 9.17) is 0 Å². The molecular weight excluding hydrogens is 336 g/mol. The van der Waals surface area contributed by atoms with Crippen LogP contribution < -0.4 is 5.32 Å². The number of hydrogen-bond donors (Lipinski definition) is 1. The molecule has 144 valence electrons. The van der Waals surface area contributed by atoms with Gasteiger partial charge in [0.2, 0.25) is 0 Å². The topological polar surface area (TPSA) is 49.4 Å². The zero-order valence-corrected chi connectivity index (χ0v) is 17.0. The Morgan fingerprint density at radius 2 is 1.48 bits per heavy atom. The van der Waals surface area contributed by atoms with Gasteiger partial charge in [0.25, 0.3) is 11.8 Å². The summed E-state index contributed by atoms with van der Waals surface area (Å²) in [6.07, 6.45) is 0. The van der Waals surface area contributed by atoms with Gasteiger partial charge in [0.15, 0.2) is 0 Å². The van der Waals surface area contributed by atoms with Gasteiger partial charge < -0.3 is 10.2 Å². The number of nitrogens with one attached hydrogen (secondary N) is 1. The van der Waals surface area contributed by atoms with Crippen molar-refractivity contribution < 1.29 is 9.59 Å². The van der Waals surface area contributed by atoms with Crippen molar-refractivity contribution in [3.63, 3.8) is 0 Å². The van der Waals surface area contributed by atoms with Crippen LogP contribution in [0.15, 0.2) is 48.5 Å². The lowest BCUT2D eigenvalue weighted by Gasteiger charge is -2.27. The van der Waals surface area contributed by atoms with Crippen molar-refractivity contribution in [3.05, 3.63) is 70.8 Å². The molecule has 4 heteroatoms. The maximum absolute atomic E-state index is 12.5. The maximum atomic E-state index is 12.5. The van der Waals surface area contributed by atoms with Gasteiger partial charge in [0.1, 0.15) is 0 Å². The minimum absolute atomic E-state index is 0.00681. The number of carbonyl (C=O) groups excluding carboxylic acids is 2. The van der Waals surface area contributed by atoms with E-state index in [1.165, 1.54) is 11.1 Å². The van der Waals surface area contributed by atoms with Crippen LogP contribution in [-0.4, -0.2) is 36.3 Å². The molecule has 0 atom stereocenters. The molecule has 0 unspecified atom stereocenters. The van der Waals surface area contributed by atoms with Gasteiger partial charge in [-0.25, -0.2) is 0 Å². The lowest BCUT2D eigenvalue weighted by Crippen LogP contribution is -2.37. The summed E-state index contributed by atoms with van der Waals surface area (Å²) in [6.45, 7) is 12.1. The van der Waals surface area contributed by atoms with Crippen LogP contribution in [0.25, 0.3) is 0 Å². The van der Waals surface area contributed by atoms with Gasteiger partial charge in [0.05, 0.1) is 0 Å². The highest BCUT2D eigenvalue weighted by Gasteiger charge is 2.23. The molecule has 0 aliphatic rings. The fourth-order valence-corrected chi connectivity index (χ4v) is 3.29.